The summed E-state index contributed by atoms with van der Waals surface area (Å²) < 4.78 is 5.39. The number of likely N-dealkylation sites (tertiary alicyclic amines) is 1. The SMILES string of the molecule is O=C(O)c1cccc(OCCN2C(=O)CCCC2=O)c1. The Morgan fingerprint density at radius 1 is 1.25 bits per heavy atom. The summed E-state index contributed by atoms with van der Waals surface area (Å²) in [6, 6.07) is 6.08. The zero-order chi connectivity index (χ0) is 14.5. The van der Waals surface area contributed by atoms with Crippen LogP contribution >= 0.6 is 0 Å². The molecule has 0 radical (unpaired) electrons. The summed E-state index contributed by atoms with van der Waals surface area (Å²) in [7, 11) is 0. The summed E-state index contributed by atoms with van der Waals surface area (Å²) in [5.41, 5.74) is 0.132. The topological polar surface area (TPSA) is 83.9 Å². The molecule has 1 aliphatic rings. The number of carbonyl (C=O) groups excluding carboxylic acids is 2. The molecule has 0 saturated carbocycles. The molecule has 1 fully saturated rings. The van der Waals surface area contributed by atoms with Crippen LogP contribution in [-0.4, -0.2) is 40.9 Å². The Kier molecular flexibility index (Phi) is 4.34. The molecule has 1 aromatic carbocycles. The molecule has 0 aliphatic carbocycles. The molecule has 0 aromatic heterocycles. The number of carboxylic acids is 1. The van der Waals surface area contributed by atoms with Crippen LogP contribution < -0.4 is 4.74 Å². The molecule has 0 bridgehead atoms. The van der Waals surface area contributed by atoms with E-state index in [1.54, 1.807) is 12.1 Å². The quantitative estimate of drug-likeness (QED) is 0.820. The van der Waals surface area contributed by atoms with Gasteiger partial charge < -0.3 is 9.84 Å². The second kappa shape index (κ2) is 6.18. The predicted molar refractivity (Wildman–Crippen MR) is 69.5 cm³/mol. The first-order chi connectivity index (χ1) is 9.58. The van der Waals surface area contributed by atoms with Crippen LogP contribution in [0.2, 0.25) is 0 Å². The summed E-state index contributed by atoms with van der Waals surface area (Å²) in [6.45, 7) is 0.343. The third-order valence-electron chi connectivity index (χ3n) is 3.05. The maximum absolute atomic E-state index is 11.6. The van der Waals surface area contributed by atoms with E-state index in [2.05, 4.69) is 0 Å². The number of carbonyl (C=O) groups is 3. The molecule has 106 valence electrons. The molecule has 0 atom stereocenters. The van der Waals surface area contributed by atoms with Crippen LogP contribution in [-0.2, 0) is 9.59 Å². The van der Waals surface area contributed by atoms with Crippen molar-refractivity contribution in [3.05, 3.63) is 29.8 Å². The number of piperidine rings is 1. The van der Waals surface area contributed by atoms with E-state index in [9.17, 15) is 14.4 Å². The molecule has 1 heterocycles. The van der Waals surface area contributed by atoms with E-state index in [4.69, 9.17) is 9.84 Å². The highest BCUT2D eigenvalue weighted by Gasteiger charge is 2.25. The molecule has 1 aliphatic heterocycles. The van der Waals surface area contributed by atoms with Gasteiger partial charge in [-0.1, -0.05) is 6.07 Å². The third-order valence-corrected chi connectivity index (χ3v) is 3.05. The zero-order valence-electron chi connectivity index (χ0n) is 10.9. The van der Waals surface area contributed by atoms with Gasteiger partial charge in [0.25, 0.3) is 0 Å². The number of carboxylic acid groups (broad SMARTS) is 1. The number of hydrogen-bond donors (Lipinski definition) is 1. The van der Waals surface area contributed by atoms with Gasteiger partial charge in [0, 0.05) is 12.8 Å². The number of imide groups is 1. The predicted octanol–water partition coefficient (Wildman–Crippen LogP) is 1.30. The highest BCUT2D eigenvalue weighted by molar-refractivity contribution is 5.97. The Morgan fingerprint density at radius 3 is 2.60 bits per heavy atom. The molecular weight excluding hydrogens is 262 g/mol. The molecule has 6 heteroatoms. The van der Waals surface area contributed by atoms with Gasteiger partial charge in [0.1, 0.15) is 12.4 Å². The summed E-state index contributed by atoms with van der Waals surface area (Å²) >= 11 is 0. The van der Waals surface area contributed by atoms with Crippen molar-refractivity contribution in [3.63, 3.8) is 0 Å². The van der Waals surface area contributed by atoms with Gasteiger partial charge in [-0.05, 0) is 24.6 Å². The Hall–Kier alpha value is -2.37. The number of aromatic carboxylic acids is 1. The number of ether oxygens (including phenoxy) is 1. The van der Waals surface area contributed by atoms with Crippen LogP contribution in [0.15, 0.2) is 24.3 Å². The molecule has 1 saturated heterocycles. The van der Waals surface area contributed by atoms with Gasteiger partial charge >= 0.3 is 5.97 Å². The molecule has 1 N–H and O–H groups in total. The van der Waals surface area contributed by atoms with Crippen molar-refractivity contribution in [1.29, 1.82) is 0 Å². The fraction of sp³-hybridized carbons (Fsp3) is 0.357. The number of hydrogen-bond acceptors (Lipinski definition) is 4. The number of nitrogens with zero attached hydrogens (tertiary/aromatic N) is 1. The fourth-order valence-electron chi connectivity index (χ4n) is 2.02. The minimum absolute atomic E-state index is 0.132. The van der Waals surface area contributed by atoms with Gasteiger partial charge in [-0.25, -0.2) is 4.79 Å². The summed E-state index contributed by atoms with van der Waals surface area (Å²) in [4.78, 5) is 35.1. The highest BCUT2D eigenvalue weighted by atomic mass is 16.5. The van der Waals surface area contributed by atoms with Gasteiger partial charge in [-0.3, -0.25) is 14.5 Å². The van der Waals surface area contributed by atoms with E-state index < -0.39 is 5.97 Å². The number of benzene rings is 1. The van der Waals surface area contributed by atoms with E-state index in [-0.39, 0.29) is 30.5 Å². The molecule has 2 rings (SSSR count). The van der Waals surface area contributed by atoms with Crippen LogP contribution in [0.5, 0.6) is 5.75 Å². The summed E-state index contributed by atoms with van der Waals surface area (Å²) in [5, 5.41) is 8.85. The molecule has 2 amide bonds. The molecule has 0 unspecified atom stereocenters. The largest absolute Gasteiger partial charge is 0.492 e. The molecule has 1 aromatic rings. The Bertz CT molecular complexity index is 524. The lowest BCUT2D eigenvalue weighted by molar-refractivity contribution is -0.148. The van der Waals surface area contributed by atoms with Gasteiger partial charge in [0.2, 0.25) is 11.8 Å². The molecular formula is C14H15NO5. The second-order valence-electron chi connectivity index (χ2n) is 4.47. The molecule has 6 nitrogen and oxygen atoms in total. The summed E-state index contributed by atoms with van der Waals surface area (Å²) in [5.74, 6) is -0.980. The second-order valence-corrected chi connectivity index (χ2v) is 4.47. The Labute approximate surface area is 115 Å². The maximum Gasteiger partial charge on any atom is 0.335 e. The monoisotopic (exact) mass is 277 g/mol. The fourth-order valence-corrected chi connectivity index (χ4v) is 2.02. The van der Waals surface area contributed by atoms with E-state index in [0.29, 0.717) is 25.0 Å². The Balaban J connectivity index is 1.89. The first kappa shape index (κ1) is 14.0. The third kappa shape index (κ3) is 3.34. The van der Waals surface area contributed by atoms with Gasteiger partial charge in [0.05, 0.1) is 12.1 Å². The summed E-state index contributed by atoms with van der Waals surface area (Å²) in [6.07, 6.45) is 1.39. The molecule has 0 spiro atoms. The molecule has 20 heavy (non-hydrogen) atoms. The van der Waals surface area contributed by atoms with Crippen LogP contribution in [0.4, 0.5) is 0 Å². The van der Waals surface area contributed by atoms with E-state index in [0.717, 1.165) is 0 Å². The van der Waals surface area contributed by atoms with Crippen molar-refractivity contribution in [3.8, 4) is 5.75 Å². The lowest BCUT2D eigenvalue weighted by Crippen LogP contribution is -2.42. The standard InChI is InChI=1S/C14H15NO5/c16-12-5-2-6-13(17)15(12)7-8-20-11-4-1-3-10(9-11)14(18)19/h1,3-4,9H,2,5-8H2,(H,18,19). The van der Waals surface area contributed by atoms with Crippen LogP contribution in [0, 0.1) is 0 Å². The van der Waals surface area contributed by atoms with Crippen LogP contribution in [0.1, 0.15) is 29.6 Å². The number of rotatable bonds is 5. The highest BCUT2D eigenvalue weighted by Crippen LogP contribution is 2.15. The first-order valence-corrected chi connectivity index (χ1v) is 6.37. The van der Waals surface area contributed by atoms with Crippen molar-refractivity contribution in [2.24, 2.45) is 0 Å². The van der Waals surface area contributed by atoms with Crippen molar-refractivity contribution in [2.45, 2.75) is 19.3 Å². The van der Waals surface area contributed by atoms with Crippen LogP contribution in [0.25, 0.3) is 0 Å². The van der Waals surface area contributed by atoms with E-state index >= 15 is 0 Å². The Morgan fingerprint density at radius 2 is 1.95 bits per heavy atom. The van der Waals surface area contributed by atoms with Crippen molar-refractivity contribution in [2.75, 3.05) is 13.2 Å². The first-order valence-electron chi connectivity index (χ1n) is 6.37. The normalized spacial score (nSPS) is 15.3. The van der Waals surface area contributed by atoms with Crippen LogP contribution in [0.3, 0.4) is 0 Å². The minimum Gasteiger partial charge on any atom is -0.492 e. The lowest BCUT2D eigenvalue weighted by atomic mass is 10.1. The van der Waals surface area contributed by atoms with Gasteiger partial charge in [-0.2, -0.15) is 0 Å². The lowest BCUT2D eigenvalue weighted by Gasteiger charge is -2.24. The number of amides is 2. The van der Waals surface area contributed by atoms with Gasteiger partial charge in [0.15, 0.2) is 0 Å². The maximum atomic E-state index is 11.6. The van der Waals surface area contributed by atoms with E-state index in [1.165, 1.54) is 17.0 Å². The smallest absolute Gasteiger partial charge is 0.335 e. The average molecular weight is 277 g/mol. The van der Waals surface area contributed by atoms with Crippen molar-refractivity contribution in [1.82, 2.24) is 4.90 Å². The minimum atomic E-state index is -1.03. The average Bonchev–Trinajstić information content (AvgIpc) is 2.42. The van der Waals surface area contributed by atoms with E-state index in [1.807, 2.05) is 0 Å². The zero-order valence-corrected chi connectivity index (χ0v) is 10.9. The van der Waals surface area contributed by atoms with Crippen molar-refractivity contribution >= 4 is 17.8 Å². The van der Waals surface area contributed by atoms with Gasteiger partial charge in [-0.15, -0.1) is 0 Å². The van der Waals surface area contributed by atoms with Crippen molar-refractivity contribution < 1.29 is 24.2 Å².